The second-order valence-corrected chi connectivity index (χ2v) is 4.48. The minimum atomic E-state index is -0.0556. The van der Waals surface area contributed by atoms with Gasteiger partial charge in [-0.05, 0) is 26.7 Å². The van der Waals surface area contributed by atoms with Crippen LogP contribution in [-0.4, -0.2) is 31.8 Å². The number of aldehydes is 1. The lowest BCUT2D eigenvalue weighted by molar-refractivity contribution is -0.108. The van der Waals surface area contributed by atoms with Crippen molar-refractivity contribution < 1.29 is 14.3 Å². The van der Waals surface area contributed by atoms with Crippen molar-refractivity contribution in [3.63, 3.8) is 0 Å². The van der Waals surface area contributed by atoms with Crippen LogP contribution < -0.4 is 5.73 Å². The molecule has 0 aliphatic carbocycles. The molecule has 0 aromatic heterocycles. The fraction of sp³-hybridized carbons (Fsp3) is 0.692. The number of carbonyl (C=O) groups excluding carboxylic acids is 2. The van der Waals surface area contributed by atoms with E-state index in [4.69, 9.17) is 15.3 Å². The Morgan fingerprint density at radius 2 is 1.71 bits per heavy atom. The Morgan fingerprint density at radius 3 is 1.88 bits per heavy atom. The Balaban J connectivity index is -0.000000213. The topological polar surface area (TPSA) is 69.4 Å². The summed E-state index contributed by atoms with van der Waals surface area (Å²) in [6.07, 6.45) is 3.02. The van der Waals surface area contributed by atoms with E-state index in [0.29, 0.717) is 6.42 Å². The Hall–Kier alpha value is -1.00. The summed E-state index contributed by atoms with van der Waals surface area (Å²) in [6, 6.07) is -0.0556. The molecule has 2 unspecified atom stereocenters. The van der Waals surface area contributed by atoms with Gasteiger partial charge in [0.1, 0.15) is 13.1 Å². The summed E-state index contributed by atoms with van der Waals surface area (Å²) in [5.41, 5.74) is 5.58. The maximum atomic E-state index is 9.92. The van der Waals surface area contributed by atoms with Crippen LogP contribution in [0, 0.1) is 5.92 Å². The number of hydrogen-bond acceptors (Lipinski definition) is 4. The monoisotopic (exact) mass is 245 g/mol. The third kappa shape index (κ3) is 21.0. The highest BCUT2D eigenvalue weighted by atomic mass is 16.5. The lowest BCUT2D eigenvalue weighted by Gasteiger charge is -2.14. The average Bonchev–Trinajstić information content (AvgIpc) is 2.31. The molecule has 4 nitrogen and oxygen atoms in total. The molecule has 0 bridgehead atoms. The van der Waals surface area contributed by atoms with Crippen molar-refractivity contribution in [2.24, 2.45) is 11.7 Å². The summed E-state index contributed by atoms with van der Waals surface area (Å²) >= 11 is 0. The first-order chi connectivity index (χ1) is 7.78. The molecule has 4 heteroatoms. The van der Waals surface area contributed by atoms with Gasteiger partial charge >= 0.3 is 0 Å². The van der Waals surface area contributed by atoms with Gasteiger partial charge < -0.3 is 20.1 Å². The van der Waals surface area contributed by atoms with Gasteiger partial charge in [0, 0.05) is 19.6 Å². The quantitative estimate of drug-likeness (QED) is 0.607. The van der Waals surface area contributed by atoms with Gasteiger partial charge in [-0.15, -0.1) is 6.58 Å². The van der Waals surface area contributed by atoms with Crippen molar-refractivity contribution in [1.82, 2.24) is 0 Å². The van der Waals surface area contributed by atoms with E-state index in [1.54, 1.807) is 13.2 Å². The van der Waals surface area contributed by atoms with Crippen molar-refractivity contribution in [3.05, 3.63) is 12.7 Å². The first-order valence-corrected chi connectivity index (χ1v) is 5.44. The lowest BCUT2D eigenvalue weighted by atomic mass is 10.0. The van der Waals surface area contributed by atoms with Crippen LogP contribution >= 0.6 is 0 Å². The second kappa shape index (κ2) is 13.1. The van der Waals surface area contributed by atoms with Crippen LogP contribution in [0.5, 0.6) is 0 Å². The van der Waals surface area contributed by atoms with Gasteiger partial charge in [-0.3, -0.25) is 0 Å². The van der Waals surface area contributed by atoms with E-state index in [2.05, 4.69) is 6.58 Å². The van der Waals surface area contributed by atoms with Crippen molar-refractivity contribution in [3.8, 4) is 0 Å². The van der Waals surface area contributed by atoms with E-state index in [1.807, 2.05) is 34.5 Å². The zero-order valence-corrected chi connectivity index (χ0v) is 11.7. The molecule has 0 rings (SSSR count). The van der Waals surface area contributed by atoms with E-state index in [1.165, 1.54) is 0 Å². The highest BCUT2D eigenvalue weighted by molar-refractivity contribution is 5.50. The molecule has 0 aromatic carbocycles. The van der Waals surface area contributed by atoms with Crippen LogP contribution in [0.1, 0.15) is 34.1 Å². The maximum Gasteiger partial charge on any atom is 0.121 e. The van der Waals surface area contributed by atoms with Gasteiger partial charge in [-0.25, -0.2) is 0 Å². The van der Waals surface area contributed by atoms with Gasteiger partial charge in [0.05, 0.1) is 5.60 Å². The third-order valence-corrected chi connectivity index (χ3v) is 2.03. The fourth-order valence-electron chi connectivity index (χ4n) is 0.501. The summed E-state index contributed by atoms with van der Waals surface area (Å²) in [5, 5.41) is 0. The lowest BCUT2D eigenvalue weighted by Crippen LogP contribution is -2.26. The van der Waals surface area contributed by atoms with Crippen molar-refractivity contribution in [2.45, 2.75) is 45.8 Å². The second-order valence-electron chi connectivity index (χ2n) is 4.48. The summed E-state index contributed by atoms with van der Waals surface area (Å²) in [5.74, 6) is 0.232. The molecule has 0 aliphatic heterocycles. The highest BCUT2D eigenvalue weighted by Gasteiger charge is 2.06. The zero-order valence-electron chi connectivity index (χ0n) is 11.7. The van der Waals surface area contributed by atoms with Gasteiger partial charge in [0.25, 0.3) is 0 Å². The van der Waals surface area contributed by atoms with Crippen molar-refractivity contribution >= 4 is 13.1 Å². The molecule has 0 saturated heterocycles. The number of hydrogen-bond donors (Lipinski definition) is 1. The number of rotatable bonds is 4. The molecular formula is C13H27NO3. The smallest absolute Gasteiger partial charge is 0.121 e. The standard InChI is InChI=1S/C7H13NO.C5H12O.CH2O/c1-3-6(2)7(8)4-5-9;1-5(2,3)6-4;1-2/h3,5-7H,1,4,8H2,2H3;1-4H3;1H2. The van der Waals surface area contributed by atoms with Crippen LogP contribution in [0.4, 0.5) is 0 Å². The molecule has 0 spiro atoms. The Labute approximate surface area is 105 Å². The summed E-state index contributed by atoms with van der Waals surface area (Å²) in [7, 11) is 1.71. The minimum Gasteiger partial charge on any atom is -0.379 e. The van der Waals surface area contributed by atoms with Crippen molar-refractivity contribution in [1.29, 1.82) is 0 Å². The number of methoxy groups -OCH3 is 1. The molecule has 0 aromatic rings. The third-order valence-electron chi connectivity index (χ3n) is 2.03. The molecule has 102 valence electrons. The van der Waals surface area contributed by atoms with E-state index < -0.39 is 0 Å². The summed E-state index contributed by atoms with van der Waals surface area (Å²) < 4.78 is 4.94. The number of nitrogens with two attached hydrogens (primary N) is 1. The molecule has 0 amide bonds. The largest absolute Gasteiger partial charge is 0.379 e. The van der Waals surface area contributed by atoms with Gasteiger partial charge in [0.2, 0.25) is 0 Å². The Morgan fingerprint density at radius 1 is 1.35 bits per heavy atom. The normalized spacial score (nSPS) is 13.1. The number of ether oxygens (including phenoxy) is 1. The highest BCUT2D eigenvalue weighted by Crippen LogP contribution is 2.02. The van der Waals surface area contributed by atoms with Crippen LogP contribution in [0.15, 0.2) is 12.7 Å². The van der Waals surface area contributed by atoms with Crippen LogP contribution in [0.2, 0.25) is 0 Å². The van der Waals surface area contributed by atoms with Crippen LogP contribution in [-0.2, 0) is 14.3 Å². The van der Waals surface area contributed by atoms with E-state index in [0.717, 1.165) is 6.29 Å². The van der Waals surface area contributed by atoms with E-state index in [9.17, 15) is 4.79 Å². The number of carbonyl (C=O) groups is 2. The first-order valence-electron chi connectivity index (χ1n) is 5.44. The van der Waals surface area contributed by atoms with Gasteiger partial charge in [-0.1, -0.05) is 13.0 Å². The predicted molar refractivity (Wildman–Crippen MR) is 71.9 cm³/mol. The minimum absolute atomic E-state index is 0.0417. The fourth-order valence-corrected chi connectivity index (χ4v) is 0.501. The molecule has 0 radical (unpaired) electrons. The van der Waals surface area contributed by atoms with E-state index in [-0.39, 0.29) is 17.6 Å². The van der Waals surface area contributed by atoms with E-state index >= 15 is 0 Å². The Bertz CT molecular complexity index is 188. The zero-order chi connectivity index (χ0) is 14.5. The van der Waals surface area contributed by atoms with Crippen molar-refractivity contribution in [2.75, 3.05) is 7.11 Å². The molecule has 0 fully saturated rings. The average molecular weight is 245 g/mol. The molecule has 17 heavy (non-hydrogen) atoms. The molecular weight excluding hydrogens is 218 g/mol. The van der Waals surface area contributed by atoms with Crippen LogP contribution in [0.25, 0.3) is 0 Å². The maximum absolute atomic E-state index is 9.92. The first kappa shape index (κ1) is 21.3. The van der Waals surface area contributed by atoms with Gasteiger partial charge in [-0.2, -0.15) is 0 Å². The molecule has 2 atom stereocenters. The molecule has 0 heterocycles. The summed E-state index contributed by atoms with van der Waals surface area (Å²) in [4.78, 5) is 17.9. The summed E-state index contributed by atoms with van der Waals surface area (Å²) in [6.45, 7) is 13.6. The molecule has 2 N–H and O–H groups in total. The predicted octanol–water partition coefficient (Wildman–Crippen LogP) is 1.97. The van der Waals surface area contributed by atoms with Crippen LogP contribution in [0.3, 0.4) is 0 Å². The molecule has 0 saturated carbocycles. The van der Waals surface area contributed by atoms with Gasteiger partial charge in [0.15, 0.2) is 0 Å². The SMILES string of the molecule is C=CC(C)C(N)CC=O.C=O.COC(C)(C)C. The molecule has 0 aliphatic rings. The Kier molecular flexibility index (Phi) is 16.4.